The SMILES string of the molecule is CN(C)C1CCN(C(=O)CC(OCC(=O)O)c2nccn2C)CC1. The molecule has 8 nitrogen and oxygen atoms in total. The number of hydrogen-bond acceptors (Lipinski definition) is 5. The smallest absolute Gasteiger partial charge is 0.329 e. The maximum absolute atomic E-state index is 12.6. The lowest BCUT2D eigenvalue weighted by Crippen LogP contribution is -2.44. The minimum atomic E-state index is -1.06. The molecule has 1 aromatic heterocycles. The largest absolute Gasteiger partial charge is 0.480 e. The van der Waals surface area contributed by atoms with Crippen LogP contribution in [0.15, 0.2) is 12.4 Å². The fraction of sp³-hybridized carbons (Fsp3) is 0.688. The Morgan fingerprint density at radius 2 is 2.08 bits per heavy atom. The average Bonchev–Trinajstić information content (AvgIpc) is 2.97. The highest BCUT2D eigenvalue weighted by Crippen LogP contribution is 2.22. The Morgan fingerprint density at radius 3 is 2.58 bits per heavy atom. The third-order valence-corrected chi connectivity index (χ3v) is 4.46. The van der Waals surface area contributed by atoms with Crippen molar-refractivity contribution in [2.75, 3.05) is 33.8 Å². The van der Waals surface area contributed by atoms with Crippen molar-refractivity contribution in [3.63, 3.8) is 0 Å². The number of rotatable bonds is 7. The number of amides is 1. The second-order valence-corrected chi connectivity index (χ2v) is 6.37. The molecule has 0 saturated carbocycles. The van der Waals surface area contributed by atoms with Gasteiger partial charge < -0.3 is 24.2 Å². The van der Waals surface area contributed by atoms with Crippen molar-refractivity contribution >= 4 is 11.9 Å². The van der Waals surface area contributed by atoms with Crippen LogP contribution in [0.4, 0.5) is 0 Å². The van der Waals surface area contributed by atoms with E-state index in [4.69, 9.17) is 9.84 Å². The number of aryl methyl sites for hydroxylation is 1. The molecular weight excluding hydrogens is 312 g/mol. The molecule has 0 aliphatic carbocycles. The number of aliphatic carboxylic acids is 1. The summed E-state index contributed by atoms with van der Waals surface area (Å²) in [6.45, 7) is 0.981. The first-order valence-electron chi connectivity index (χ1n) is 8.13. The highest BCUT2D eigenvalue weighted by molar-refractivity contribution is 5.77. The van der Waals surface area contributed by atoms with Gasteiger partial charge in [0.25, 0.3) is 0 Å². The number of likely N-dealkylation sites (tertiary alicyclic amines) is 1. The van der Waals surface area contributed by atoms with Gasteiger partial charge >= 0.3 is 5.97 Å². The zero-order chi connectivity index (χ0) is 17.7. The molecule has 1 unspecified atom stereocenters. The third-order valence-electron chi connectivity index (χ3n) is 4.46. The number of nitrogens with zero attached hydrogens (tertiary/aromatic N) is 4. The maximum atomic E-state index is 12.6. The monoisotopic (exact) mass is 338 g/mol. The first-order valence-corrected chi connectivity index (χ1v) is 8.13. The number of ether oxygens (including phenoxy) is 1. The van der Waals surface area contributed by atoms with Crippen LogP contribution in [-0.4, -0.2) is 76.2 Å². The van der Waals surface area contributed by atoms with E-state index in [9.17, 15) is 9.59 Å². The quantitative estimate of drug-likeness (QED) is 0.779. The van der Waals surface area contributed by atoms with E-state index >= 15 is 0 Å². The van der Waals surface area contributed by atoms with Gasteiger partial charge in [0.1, 0.15) is 18.5 Å². The van der Waals surface area contributed by atoms with Gasteiger partial charge in [0, 0.05) is 38.6 Å². The van der Waals surface area contributed by atoms with Gasteiger partial charge in [-0.2, -0.15) is 0 Å². The second kappa shape index (κ2) is 8.25. The van der Waals surface area contributed by atoms with Gasteiger partial charge in [-0.1, -0.05) is 0 Å². The summed E-state index contributed by atoms with van der Waals surface area (Å²) in [5, 5.41) is 8.84. The van der Waals surface area contributed by atoms with Crippen molar-refractivity contribution in [2.45, 2.75) is 31.4 Å². The van der Waals surface area contributed by atoms with Crippen LogP contribution in [0, 0.1) is 0 Å². The van der Waals surface area contributed by atoms with Crippen LogP contribution in [0.1, 0.15) is 31.2 Å². The van der Waals surface area contributed by atoms with Crippen LogP contribution in [0.3, 0.4) is 0 Å². The second-order valence-electron chi connectivity index (χ2n) is 6.37. The zero-order valence-electron chi connectivity index (χ0n) is 14.5. The molecule has 1 atom stereocenters. The molecule has 2 rings (SSSR count). The summed E-state index contributed by atoms with van der Waals surface area (Å²) in [6, 6.07) is 0.502. The Bertz CT molecular complexity index is 564. The molecule has 24 heavy (non-hydrogen) atoms. The fourth-order valence-electron chi connectivity index (χ4n) is 3.00. The van der Waals surface area contributed by atoms with Crippen LogP contribution < -0.4 is 0 Å². The number of hydrogen-bond donors (Lipinski definition) is 1. The van der Waals surface area contributed by atoms with Gasteiger partial charge in [0.05, 0.1) is 6.42 Å². The van der Waals surface area contributed by atoms with Gasteiger partial charge in [-0.15, -0.1) is 0 Å². The van der Waals surface area contributed by atoms with E-state index in [1.54, 1.807) is 24.0 Å². The van der Waals surface area contributed by atoms with Gasteiger partial charge in [-0.3, -0.25) is 4.79 Å². The summed E-state index contributed by atoms with van der Waals surface area (Å²) in [4.78, 5) is 31.6. The van der Waals surface area contributed by atoms with E-state index in [2.05, 4.69) is 24.0 Å². The van der Waals surface area contributed by atoms with Crippen molar-refractivity contribution in [1.29, 1.82) is 0 Å². The molecule has 1 fully saturated rings. The van der Waals surface area contributed by atoms with Crippen LogP contribution in [0.2, 0.25) is 0 Å². The molecule has 1 amide bonds. The molecule has 0 aromatic carbocycles. The minimum absolute atomic E-state index is 0.0226. The van der Waals surface area contributed by atoms with Crippen molar-refractivity contribution in [3.8, 4) is 0 Å². The van der Waals surface area contributed by atoms with Crippen LogP contribution in [-0.2, 0) is 21.4 Å². The number of carbonyl (C=O) groups is 2. The van der Waals surface area contributed by atoms with E-state index in [-0.39, 0.29) is 12.3 Å². The van der Waals surface area contributed by atoms with Gasteiger partial charge in [-0.25, -0.2) is 9.78 Å². The Hall–Kier alpha value is -1.93. The molecule has 0 bridgehead atoms. The lowest BCUT2D eigenvalue weighted by atomic mass is 10.0. The van der Waals surface area contributed by atoms with Crippen molar-refractivity contribution < 1.29 is 19.4 Å². The Labute approximate surface area is 142 Å². The number of imidazole rings is 1. The normalized spacial score (nSPS) is 17.2. The first-order chi connectivity index (χ1) is 11.4. The Kier molecular flexibility index (Phi) is 6.33. The molecular formula is C16H26N4O4. The number of aromatic nitrogens is 2. The lowest BCUT2D eigenvalue weighted by molar-refractivity contribution is -0.148. The van der Waals surface area contributed by atoms with Crippen LogP contribution in [0.25, 0.3) is 0 Å². The summed E-state index contributed by atoms with van der Waals surface area (Å²) in [5.74, 6) is -0.521. The van der Waals surface area contributed by atoms with Gasteiger partial charge in [0.15, 0.2) is 0 Å². The summed E-state index contributed by atoms with van der Waals surface area (Å²) in [6.07, 6.45) is 4.70. The van der Waals surface area contributed by atoms with Gasteiger partial charge in [0.2, 0.25) is 5.91 Å². The van der Waals surface area contributed by atoms with E-state index in [0.717, 1.165) is 12.8 Å². The van der Waals surface area contributed by atoms with E-state index < -0.39 is 18.7 Å². The summed E-state index contributed by atoms with van der Waals surface area (Å²) >= 11 is 0. The third kappa shape index (κ3) is 4.78. The summed E-state index contributed by atoms with van der Waals surface area (Å²) < 4.78 is 7.16. The predicted molar refractivity (Wildman–Crippen MR) is 87.4 cm³/mol. The van der Waals surface area contributed by atoms with Crippen LogP contribution in [0.5, 0.6) is 0 Å². The average molecular weight is 338 g/mol. The molecule has 1 aromatic rings. The standard InChI is InChI=1S/C16H26N4O4/c1-18(2)12-4-7-20(8-5-12)14(21)10-13(24-11-15(22)23)16-17-6-9-19(16)3/h6,9,12-13H,4-5,7-8,10-11H2,1-3H3,(H,22,23). The van der Waals surface area contributed by atoms with E-state index in [1.165, 1.54) is 0 Å². The summed E-state index contributed by atoms with van der Waals surface area (Å²) in [7, 11) is 5.91. The molecule has 1 N–H and O–H groups in total. The summed E-state index contributed by atoms with van der Waals surface area (Å²) in [5.41, 5.74) is 0. The van der Waals surface area contributed by atoms with E-state index in [1.807, 2.05) is 4.90 Å². The first kappa shape index (κ1) is 18.4. The zero-order valence-corrected chi connectivity index (χ0v) is 14.5. The van der Waals surface area contributed by atoms with Gasteiger partial charge in [-0.05, 0) is 26.9 Å². The van der Waals surface area contributed by atoms with E-state index in [0.29, 0.717) is 25.0 Å². The maximum Gasteiger partial charge on any atom is 0.329 e. The minimum Gasteiger partial charge on any atom is -0.480 e. The van der Waals surface area contributed by atoms with Crippen molar-refractivity contribution in [3.05, 3.63) is 18.2 Å². The molecule has 1 aliphatic heterocycles. The number of piperidine rings is 1. The molecule has 8 heteroatoms. The molecule has 0 radical (unpaired) electrons. The predicted octanol–water partition coefficient (Wildman–Crippen LogP) is 0.505. The number of carbonyl (C=O) groups excluding carboxylic acids is 1. The number of carboxylic acids is 1. The Balaban J connectivity index is 1.97. The van der Waals surface area contributed by atoms with Crippen LogP contribution >= 0.6 is 0 Å². The molecule has 2 heterocycles. The van der Waals surface area contributed by atoms with Crippen molar-refractivity contribution in [1.82, 2.24) is 19.4 Å². The highest BCUT2D eigenvalue weighted by Gasteiger charge is 2.28. The lowest BCUT2D eigenvalue weighted by Gasteiger charge is -2.35. The molecule has 0 spiro atoms. The molecule has 1 saturated heterocycles. The molecule has 134 valence electrons. The molecule has 1 aliphatic rings. The van der Waals surface area contributed by atoms with Crippen molar-refractivity contribution in [2.24, 2.45) is 7.05 Å². The number of carboxylic acid groups (broad SMARTS) is 1. The Morgan fingerprint density at radius 1 is 1.42 bits per heavy atom. The highest BCUT2D eigenvalue weighted by atomic mass is 16.5. The topological polar surface area (TPSA) is 87.9 Å². The fourth-order valence-corrected chi connectivity index (χ4v) is 3.00.